The number of pyridine rings is 1. The molecule has 1 aromatic heterocycles. The van der Waals surface area contributed by atoms with E-state index < -0.39 is 0 Å². The van der Waals surface area contributed by atoms with E-state index in [1.165, 1.54) is 7.11 Å². The van der Waals surface area contributed by atoms with Gasteiger partial charge in [-0.25, -0.2) is 9.78 Å². The van der Waals surface area contributed by atoms with Crippen LogP contribution >= 0.6 is 0 Å². The topological polar surface area (TPSA) is 66.0 Å². The lowest BCUT2D eigenvalue weighted by Crippen LogP contribution is -2.48. The molecule has 4 rings (SSSR count). The number of hydrogen-bond donors (Lipinski definition) is 0. The average molecular weight is 332 g/mol. The van der Waals surface area contributed by atoms with E-state index >= 15 is 0 Å². The first-order valence-corrected chi connectivity index (χ1v) is 8.27. The van der Waals surface area contributed by atoms with Crippen LogP contribution in [0.25, 0.3) is 0 Å². The Morgan fingerprint density at radius 2 is 2.04 bits per heavy atom. The highest BCUT2D eigenvalue weighted by molar-refractivity contribution is 5.96. The number of aromatic nitrogens is 1. The molecule has 0 saturated carbocycles. The van der Waals surface area contributed by atoms with Gasteiger partial charge in [-0.05, 0) is 30.9 Å². The largest absolute Gasteiger partial charge is 0.480 e. The highest BCUT2D eigenvalue weighted by Crippen LogP contribution is 2.30. The van der Waals surface area contributed by atoms with E-state index in [4.69, 9.17) is 4.74 Å². The Balaban J connectivity index is 1.83. The molecule has 130 valence electrons. The number of ether oxygens (including phenoxy) is 1. The fourth-order valence-electron chi connectivity index (χ4n) is 3.64. The molecule has 7 nitrogen and oxygen atoms in total. The van der Waals surface area contributed by atoms with Crippen molar-refractivity contribution >= 4 is 11.9 Å². The van der Waals surface area contributed by atoms with Crippen molar-refractivity contribution in [2.45, 2.75) is 18.9 Å². The van der Waals surface area contributed by atoms with Crippen molar-refractivity contribution in [1.82, 2.24) is 19.7 Å². The zero-order valence-corrected chi connectivity index (χ0v) is 14.4. The fourth-order valence-corrected chi connectivity index (χ4v) is 3.64. The van der Waals surface area contributed by atoms with Gasteiger partial charge in [0.25, 0.3) is 5.91 Å². The number of urea groups is 1. The van der Waals surface area contributed by atoms with Crippen molar-refractivity contribution in [1.29, 1.82) is 0 Å². The van der Waals surface area contributed by atoms with Gasteiger partial charge < -0.3 is 19.4 Å². The van der Waals surface area contributed by atoms with Crippen molar-refractivity contribution < 1.29 is 14.3 Å². The second-order valence-corrected chi connectivity index (χ2v) is 6.70. The number of piperidine rings is 1. The van der Waals surface area contributed by atoms with Gasteiger partial charge in [0.1, 0.15) is 5.56 Å². The zero-order chi connectivity index (χ0) is 17.3. The van der Waals surface area contributed by atoms with Crippen molar-refractivity contribution in [2.24, 2.45) is 5.92 Å². The van der Waals surface area contributed by atoms with Crippen LogP contribution in [0, 0.1) is 5.92 Å². The van der Waals surface area contributed by atoms with Gasteiger partial charge in [0.2, 0.25) is 5.88 Å². The second kappa shape index (κ2) is 6.67. The van der Waals surface area contributed by atoms with Crippen LogP contribution in [0.15, 0.2) is 18.3 Å². The molecule has 3 amide bonds. The van der Waals surface area contributed by atoms with Crippen LogP contribution in [0.4, 0.5) is 4.79 Å². The first kappa shape index (κ1) is 16.5. The number of carbonyl (C=O) groups excluding carboxylic acids is 2. The summed E-state index contributed by atoms with van der Waals surface area (Å²) in [7, 11) is 5.04. The summed E-state index contributed by atoms with van der Waals surface area (Å²) in [6, 6.07) is 3.55. The molecular weight excluding hydrogens is 308 g/mol. The molecule has 3 aliphatic heterocycles. The summed E-state index contributed by atoms with van der Waals surface area (Å²) in [4.78, 5) is 34.9. The molecule has 0 radical (unpaired) electrons. The molecule has 0 N–H and O–H groups in total. The van der Waals surface area contributed by atoms with Crippen LogP contribution in [0.3, 0.4) is 0 Å². The number of methoxy groups -OCH3 is 1. The number of rotatable bonds is 2. The molecule has 3 saturated heterocycles. The Bertz CT molecular complexity index is 634. The maximum Gasteiger partial charge on any atom is 0.319 e. The lowest BCUT2D eigenvalue weighted by Gasteiger charge is -2.36. The first-order chi connectivity index (χ1) is 11.5. The van der Waals surface area contributed by atoms with Crippen LogP contribution in [-0.4, -0.2) is 78.5 Å². The molecule has 7 heteroatoms. The van der Waals surface area contributed by atoms with Gasteiger partial charge in [-0.1, -0.05) is 0 Å². The van der Waals surface area contributed by atoms with Gasteiger partial charge in [0, 0.05) is 46.0 Å². The van der Waals surface area contributed by atoms with E-state index in [1.807, 2.05) is 9.80 Å². The standard InChI is InChI=1S/C17H24N4O3/c1-19(2)17(23)20-9-12-6-7-13(11-20)21(10-12)16(22)14-5-4-8-18-15(14)24-3/h4-5,8,12-13H,6-7,9-11H2,1-3H3. The predicted octanol–water partition coefficient (Wildman–Crippen LogP) is 1.31. The molecule has 0 spiro atoms. The molecule has 3 aliphatic rings. The molecule has 24 heavy (non-hydrogen) atoms. The molecule has 2 unspecified atom stereocenters. The van der Waals surface area contributed by atoms with Gasteiger partial charge in [-0.15, -0.1) is 0 Å². The summed E-state index contributed by atoms with van der Waals surface area (Å²) in [5.41, 5.74) is 0.484. The van der Waals surface area contributed by atoms with E-state index in [1.54, 1.807) is 37.3 Å². The zero-order valence-electron chi connectivity index (χ0n) is 14.4. The highest BCUT2D eigenvalue weighted by atomic mass is 16.5. The van der Waals surface area contributed by atoms with Gasteiger partial charge in [-0.3, -0.25) is 4.79 Å². The number of fused-ring (bicyclic) bond motifs is 4. The average Bonchev–Trinajstić information content (AvgIpc) is 2.92. The van der Waals surface area contributed by atoms with Gasteiger partial charge in [0.05, 0.1) is 7.11 Å². The Kier molecular flexibility index (Phi) is 4.59. The van der Waals surface area contributed by atoms with E-state index in [0.29, 0.717) is 37.0 Å². The quantitative estimate of drug-likeness (QED) is 0.819. The third-order valence-electron chi connectivity index (χ3n) is 4.82. The van der Waals surface area contributed by atoms with Gasteiger partial charge in [-0.2, -0.15) is 0 Å². The van der Waals surface area contributed by atoms with Crippen molar-refractivity contribution in [3.8, 4) is 5.88 Å². The minimum Gasteiger partial charge on any atom is -0.480 e. The third kappa shape index (κ3) is 3.02. The molecule has 0 aliphatic carbocycles. The molecule has 2 atom stereocenters. The second-order valence-electron chi connectivity index (χ2n) is 6.70. The lowest BCUT2D eigenvalue weighted by molar-refractivity contribution is 0.0581. The van der Waals surface area contributed by atoms with Crippen LogP contribution in [0.1, 0.15) is 23.2 Å². The smallest absolute Gasteiger partial charge is 0.319 e. The molecule has 2 bridgehead atoms. The van der Waals surface area contributed by atoms with Crippen molar-refractivity contribution in [3.05, 3.63) is 23.9 Å². The normalized spacial score (nSPS) is 23.0. The Hall–Kier alpha value is -2.31. The summed E-state index contributed by atoms with van der Waals surface area (Å²) < 4.78 is 5.23. The summed E-state index contributed by atoms with van der Waals surface area (Å²) in [6.45, 7) is 1.97. The molecule has 4 heterocycles. The molecular formula is C17H24N4O3. The number of nitrogens with zero attached hydrogens (tertiary/aromatic N) is 4. The minimum absolute atomic E-state index is 0.0140. The Morgan fingerprint density at radius 1 is 1.25 bits per heavy atom. The lowest BCUT2D eigenvalue weighted by atomic mass is 9.94. The number of carbonyl (C=O) groups is 2. The maximum atomic E-state index is 13.0. The van der Waals surface area contributed by atoms with Crippen LogP contribution in [0.5, 0.6) is 5.88 Å². The van der Waals surface area contributed by atoms with Crippen molar-refractivity contribution in [2.75, 3.05) is 40.8 Å². The number of amides is 3. The van der Waals surface area contributed by atoms with Crippen LogP contribution in [0.2, 0.25) is 0 Å². The first-order valence-electron chi connectivity index (χ1n) is 8.27. The molecule has 1 aromatic rings. The maximum absolute atomic E-state index is 13.0. The summed E-state index contributed by atoms with van der Waals surface area (Å²) in [5, 5.41) is 0. The van der Waals surface area contributed by atoms with E-state index in [0.717, 1.165) is 12.8 Å². The van der Waals surface area contributed by atoms with E-state index in [-0.39, 0.29) is 18.0 Å². The Morgan fingerprint density at radius 3 is 2.75 bits per heavy atom. The summed E-state index contributed by atoms with van der Waals surface area (Å²) >= 11 is 0. The fraction of sp³-hybridized carbons (Fsp3) is 0.588. The number of hydrogen-bond acceptors (Lipinski definition) is 4. The van der Waals surface area contributed by atoms with E-state index in [2.05, 4.69) is 4.98 Å². The monoisotopic (exact) mass is 332 g/mol. The van der Waals surface area contributed by atoms with Crippen molar-refractivity contribution in [3.63, 3.8) is 0 Å². The minimum atomic E-state index is -0.0613. The van der Waals surface area contributed by atoms with Gasteiger partial charge in [0.15, 0.2) is 0 Å². The summed E-state index contributed by atoms with van der Waals surface area (Å²) in [6.07, 6.45) is 3.59. The summed E-state index contributed by atoms with van der Waals surface area (Å²) in [5.74, 6) is 0.608. The predicted molar refractivity (Wildman–Crippen MR) is 89.0 cm³/mol. The highest BCUT2D eigenvalue weighted by Gasteiger charge is 2.39. The molecule has 0 aromatic carbocycles. The molecule has 3 fully saturated rings. The van der Waals surface area contributed by atoms with Crippen LogP contribution in [-0.2, 0) is 0 Å². The third-order valence-corrected chi connectivity index (χ3v) is 4.82. The SMILES string of the molecule is COc1ncccc1C(=O)N1CC2CCC1CN(C(=O)N(C)C)C2. The van der Waals surface area contributed by atoms with E-state index in [9.17, 15) is 9.59 Å². The Labute approximate surface area is 142 Å². The van der Waals surface area contributed by atoms with Crippen LogP contribution < -0.4 is 4.74 Å². The van der Waals surface area contributed by atoms with Gasteiger partial charge >= 0.3 is 6.03 Å².